The van der Waals surface area contributed by atoms with Crippen molar-refractivity contribution in [2.24, 2.45) is 0 Å². The van der Waals surface area contributed by atoms with E-state index in [0.717, 1.165) is 23.5 Å². The fourth-order valence-electron chi connectivity index (χ4n) is 3.64. The monoisotopic (exact) mass is 594 g/mol. The molecule has 0 radical (unpaired) electrons. The first-order chi connectivity index (χ1) is 18.1. The van der Waals surface area contributed by atoms with Crippen molar-refractivity contribution in [3.63, 3.8) is 0 Å². The summed E-state index contributed by atoms with van der Waals surface area (Å²) in [5.74, 6) is -0.503. The molecule has 0 aliphatic rings. The fraction of sp³-hybridized carbons (Fsp3) is 0.167. The summed E-state index contributed by atoms with van der Waals surface area (Å²) >= 11 is 7.33. The highest BCUT2D eigenvalue weighted by Gasteiger charge is 2.31. The highest BCUT2D eigenvalue weighted by molar-refractivity contribution is 7.91. The number of thiophene rings is 1. The average molecular weight is 595 g/mol. The summed E-state index contributed by atoms with van der Waals surface area (Å²) in [5, 5.41) is 9.75. The van der Waals surface area contributed by atoms with Crippen LogP contribution in [0.25, 0.3) is 10.1 Å². The molecule has 0 aliphatic heterocycles. The Bertz CT molecular complexity index is 1660. The number of pyridine rings is 1. The highest BCUT2D eigenvalue weighted by Crippen LogP contribution is 2.41. The lowest BCUT2D eigenvalue weighted by Crippen LogP contribution is -2.35. The first-order valence-electron chi connectivity index (χ1n) is 10.9. The number of aromatic nitrogens is 1. The van der Waals surface area contributed by atoms with Crippen molar-refractivity contribution in [1.29, 1.82) is 5.26 Å². The molecular formula is C24H19ClFN3O6PS2+. The molecule has 0 aliphatic carbocycles. The van der Waals surface area contributed by atoms with Crippen molar-refractivity contribution >= 4 is 51.3 Å². The van der Waals surface area contributed by atoms with Gasteiger partial charge in [0.25, 0.3) is 10.0 Å². The van der Waals surface area contributed by atoms with E-state index in [1.54, 1.807) is 25.1 Å². The number of nitriles is 1. The molecule has 2 unspecified atom stereocenters. The molecule has 196 valence electrons. The number of sulfonamides is 1. The van der Waals surface area contributed by atoms with Crippen molar-refractivity contribution in [2.45, 2.75) is 23.9 Å². The van der Waals surface area contributed by atoms with Gasteiger partial charge in [0.05, 0.1) is 15.3 Å². The van der Waals surface area contributed by atoms with Crippen molar-refractivity contribution in [3.05, 3.63) is 88.5 Å². The number of hydrogen-bond acceptors (Lipinski definition) is 8. The van der Waals surface area contributed by atoms with Crippen LogP contribution in [0.2, 0.25) is 5.02 Å². The van der Waals surface area contributed by atoms with E-state index in [-0.39, 0.29) is 20.4 Å². The van der Waals surface area contributed by atoms with Gasteiger partial charge in [-0.15, -0.1) is 15.9 Å². The number of halogens is 2. The zero-order valence-electron chi connectivity index (χ0n) is 19.6. The number of aryl methyl sites for hydroxylation is 1. The standard InChI is InChI=1S/C24H19ClFN3O6PS2/c1-15-19-12-18(34-10-9-29-7-3-2-4-8-29)13-20(25)22(19)37-24(15)38(32,33)28-23(35-36(30)31)16-5-6-17(14-27)21(26)11-16/h2-8,11-13,23,28H,9-10H2,1H3/q+1. The third kappa shape index (κ3) is 6.34. The number of fused-ring (bicyclic) bond motifs is 1. The number of benzene rings is 2. The maximum absolute atomic E-state index is 14.1. The predicted octanol–water partition coefficient (Wildman–Crippen LogP) is 4.25. The zero-order chi connectivity index (χ0) is 27.4. The molecule has 2 atom stereocenters. The molecule has 4 aromatic rings. The maximum atomic E-state index is 14.1. The quantitative estimate of drug-likeness (QED) is 0.165. The molecule has 2 aromatic heterocycles. The van der Waals surface area contributed by atoms with Gasteiger partial charge in [-0.25, -0.2) is 17.4 Å². The van der Waals surface area contributed by atoms with E-state index in [4.69, 9.17) is 26.1 Å². The molecule has 0 amide bonds. The van der Waals surface area contributed by atoms with E-state index in [2.05, 4.69) is 4.72 Å². The number of nitrogens with one attached hydrogen (secondary N) is 1. The van der Waals surface area contributed by atoms with Gasteiger partial charge in [0.2, 0.25) is 6.23 Å². The Morgan fingerprint density at radius 2 is 2.00 bits per heavy atom. The summed E-state index contributed by atoms with van der Waals surface area (Å²) in [6.07, 6.45) is 2.04. The molecule has 2 heterocycles. The summed E-state index contributed by atoms with van der Waals surface area (Å²) < 4.78 is 67.1. The summed E-state index contributed by atoms with van der Waals surface area (Å²) in [6, 6.07) is 13.7. The van der Waals surface area contributed by atoms with E-state index in [1.807, 2.05) is 35.2 Å². The third-order valence-electron chi connectivity index (χ3n) is 5.43. The fourth-order valence-corrected chi connectivity index (χ4v) is 7.23. The zero-order valence-corrected chi connectivity index (χ0v) is 22.9. The molecular weight excluding hydrogens is 576 g/mol. The SMILES string of the molecule is Cc1c(S(=O)(=O)NC(O[P+](=O)[O-])c2ccc(C#N)c(F)c2)sc2c(Cl)cc(OCC[n+]3ccccc3)cc12. The van der Waals surface area contributed by atoms with Crippen molar-refractivity contribution < 1.29 is 36.1 Å². The summed E-state index contributed by atoms with van der Waals surface area (Å²) in [5.41, 5.74) is -0.0798. The number of ether oxygens (including phenoxy) is 1. The lowest BCUT2D eigenvalue weighted by atomic mass is 10.1. The minimum Gasteiger partial charge on any atom is -0.566 e. The Hall–Kier alpha value is -3.01. The van der Waals surface area contributed by atoms with E-state index in [0.29, 0.717) is 34.6 Å². The van der Waals surface area contributed by atoms with Crippen LogP contribution in [0.3, 0.4) is 0 Å². The van der Waals surface area contributed by atoms with Gasteiger partial charge in [0.1, 0.15) is 28.5 Å². The Labute approximate surface area is 227 Å². The average Bonchev–Trinajstić information content (AvgIpc) is 3.21. The summed E-state index contributed by atoms with van der Waals surface area (Å²) in [6.45, 7) is 2.51. The Morgan fingerprint density at radius 1 is 1.26 bits per heavy atom. The van der Waals surface area contributed by atoms with Crippen LogP contribution < -0.4 is 18.9 Å². The van der Waals surface area contributed by atoms with E-state index < -0.39 is 30.3 Å². The second-order valence-corrected chi connectivity index (χ2v) is 11.9. The van der Waals surface area contributed by atoms with Crippen molar-refractivity contribution in [2.75, 3.05) is 6.61 Å². The van der Waals surface area contributed by atoms with Gasteiger partial charge in [-0.2, -0.15) is 9.98 Å². The van der Waals surface area contributed by atoms with Crippen LogP contribution in [0.4, 0.5) is 4.39 Å². The van der Waals surface area contributed by atoms with E-state index in [1.165, 1.54) is 6.07 Å². The van der Waals surface area contributed by atoms with Gasteiger partial charge in [0.15, 0.2) is 18.9 Å². The molecule has 1 N–H and O–H groups in total. The predicted molar refractivity (Wildman–Crippen MR) is 137 cm³/mol. The van der Waals surface area contributed by atoms with Crippen molar-refractivity contribution in [3.8, 4) is 11.8 Å². The summed E-state index contributed by atoms with van der Waals surface area (Å²) in [4.78, 5) is 11.3. The first-order valence-corrected chi connectivity index (χ1v) is 14.7. The molecule has 2 aromatic carbocycles. The largest absolute Gasteiger partial charge is 0.566 e. The van der Waals surface area contributed by atoms with Gasteiger partial charge in [0, 0.05) is 29.1 Å². The molecule has 0 spiro atoms. The van der Waals surface area contributed by atoms with Gasteiger partial charge in [-0.05, 0) is 35.3 Å². The van der Waals surface area contributed by atoms with Crippen LogP contribution in [-0.2, 0) is 25.7 Å². The normalized spacial score (nSPS) is 12.8. The minimum absolute atomic E-state index is 0.129. The van der Waals surface area contributed by atoms with Crippen LogP contribution in [-0.4, -0.2) is 15.0 Å². The Balaban J connectivity index is 1.62. The second kappa shape index (κ2) is 11.8. The molecule has 0 saturated heterocycles. The Kier molecular flexibility index (Phi) is 8.70. The van der Waals surface area contributed by atoms with Crippen LogP contribution in [0.15, 0.2) is 65.1 Å². The topological polar surface area (TPSA) is 132 Å². The molecule has 38 heavy (non-hydrogen) atoms. The number of hydrogen-bond donors (Lipinski definition) is 1. The van der Waals surface area contributed by atoms with Gasteiger partial charge in [-0.1, -0.05) is 23.7 Å². The van der Waals surface area contributed by atoms with E-state index in [9.17, 15) is 22.3 Å². The van der Waals surface area contributed by atoms with Crippen LogP contribution in [0.5, 0.6) is 5.75 Å². The molecule has 0 fully saturated rings. The van der Waals surface area contributed by atoms with Gasteiger partial charge < -0.3 is 9.63 Å². The highest BCUT2D eigenvalue weighted by atomic mass is 35.5. The number of nitrogens with zero attached hydrogens (tertiary/aromatic N) is 2. The van der Waals surface area contributed by atoms with E-state index >= 15 is 0 Å². The molecule has 9 nitrogen and oxygen atoms in total. The van der Waals surface area contributed by atoms with Crippen LogP contribution in [0.1, 0.15) is 22.9 Å². The molecule has 14 heteroatoms. The van der Waals surface area contributed by atoms with Gasteiger partial charge >= 0.3 is 8.25 Å². The molecule has 0 bridgehead atoms. The summed E-state index contributed by atoms with van der Waals surface area (Å²) in [7, 11) is -7.89. The van der Waals surface area contributed by atoms with Crippen LogP contribution in [0, 0.1) is 24.1 Å². The second-order valence-electron chi connectivity index (χ2n) is 7.94. The molecule has 0 saturated carbocycles. The first kappa shape index (κ1) is 28.0. The minimum atomic E-state index is -4.37. The Morgan fingerprint density at radius 3 is 2.66 bits per heavy atom. The molecule has 4 rings (SSSR count). The lowest BCUT2D eigenvalue weighted by molar-refractivity contribution is -0.697. The van der Waals surface area contributed by atoms with Crippen molar-refractivity contribution in [1.82, 2.24) is 4.72 Å². The smallest absolute Gasteiger partial charge is 0.490 e. The maximum Gasteiger partial charge on any atom is 0.490 e. The van der Waals surface area contributed by atoms with Gasteiger partial charge in [-0.3, -0.25) is 0 Å². The number of rotatable bonds is 10. The lowest BCUT2D eigenvalue weighted by Gasteiger charge is -2.15. The van der Waals surface area contributed by atoms with Crippen LogP contribution >= 0.6 is 31.2 Å². The third-order valence-corrected chi connectivity index (χ3v) is 9.59.